The number of hydrogen-bond acceptors (Lipinski definition) is 4. The average Bonchev–Trinajstić information content (AvgIpc) is 2.90. The van der Waals surface area contributed by atoms with Crippen molar-refractivity contribution in [2.45, 2.75) is 31.7 Å². The zero-order valence-electron chi connectivity index (χ0n) is 9.84. The van der Waals surface area contributed by atoms with E-state index in [9.17, 15) is 0 Å². The normalized spacial score (nSPS) is 15.8. The van der Waals surface area contributed by atoms with Crippen molar-refractivity contribution in [2.24, 2.45) is 0 Å². The number of anilines is 1. The predicted molar refractivity (Wildman–Crippen MR) is 65.6 cm³/mol. The lowest BCUT2D eigenvalue weighted by molar-refractivity contribution is 0.297. The van der Waals surface area contributed by atoms with Crippen LogP contribution in [0.15, 0.2) is 18.3 Å². The van der Waals surface area contributed by atoms with Crippen LogP contribution in [-0.2, 0) is 0 Å². The van der Waals surface area contributed by atoms with Crippen LogP contribution in [0.5, 0.6) is 0 Å². The van der Waals surface area contributed by atoms with Crippen molar-refractivity contribution in [1.29, 1.82) is 5.26 Å². The summed E-state index contributed by atoms with van der Waals surface area (Å²) in [6.07, 6.45) is 6.43. The largest absolute Gasteiger partial charge is 0.395 e. The Kier molecular flexibility index (Phi) is 3.94. The Bertz CT molecular complexity index is 390. The molecular formula is C13H17N3O. The fraction of sp³-hybridized carbons (Fsp3) is 0.538. The van der Waals surface area contributed by atoms with E-state index in [1.165, 1.54) is 25.7 Å². The summed E-state index contributed by atoms with van der Waals surface area (Å²) in [5.74, 6) is 0.866. The third kappa shape index (κ3) is 2.75. The molecule has 1 aliphatic rings. The number of pyridine rings is 1. The van der Waals surface area contributed by atoms with Gasteiger partial charge in [-0.2, -0.15) is 5.26 Å². The Morgan fingerprint density at radius 2 is 2.18 bits per heavy atom. The van der Waals surface area contributed by atoms with Crippen molar-refractivity contribution in [3.63, 3.8) is 0 Å². The molecule has 90 valence electrons. The summed E-state index contributed by atoms with van der Waals surface area (Å²) in [5.41, 5.74) is 0.573. The Labute approximate surface area is 102 Å². The number of aliphatic hydroxyl groups is 1. The highest BCUT2D eigenvalue weighted by molar-refractivity contribution is 5.43. The molecule has 1 N–H and O–H groups in total. The average molecular weight is 231 g/mol. The minimum absolute atomic E-state index is 0.137. The fourth-order valence-corrected chi connectivity index (χ4v) is 2.43. The Morgan fingerprint density at radius 3 is 2.71 bits per heavy atom. The summed E-state index contributed by atoms with van der Waals surface area (Å²) in [4.78, 5) is 6.47. The van der Waals surface area contributed by atoms with Gasteiger partial charge in [0, 0.05) is 18.8 Å². The number of hydrogen-bond donors (Lipinski definition) is 1. The maximum Gasteiger partial charge on any atom is 0.128 e. The smallest absolute Gasteiger partial charge is 0.128 e. The lowest BCUT2D eigenvalue weighted by atomic mass is 10.2. The lowest BCUT2D eigenvalue weighted by Crippen LogP contribution is -2.36. The third-order valence-electron chi connectivity index (χ3n) is 3.28. The first-order chi connectivity index (χ1) is 8.35. The first kappa shape index (κ1) is 11.9. The van der Waals surface area contributed by atoms with E-state index in [1.807, 2.05) is 6.07 Å². The van der Waals surface area contributed by atoms with Crippen LogP contribution < -0.4 is 4.90 Å². The van der Waals surface area contributed by atoms with Crippen LogP contribution in [0.25, 0.3) is 0 Å². The molecule has 0 spiro atoms. The molecule has 0 amide bonds. The molecule has 1 saturated carbocycles. The van der Waals surface area contributed by atoms with Gasteiger partial charge in [0.05, 0.1) is 12.2 Å². The van der Waals surface area contributed by atoms with Crippen molar-refractivity contribution in [3.8, 4) is 6.07 Å². The van der Waals surface area contributed by atoms with Crippen LogP contribution in [-0.4, -0.2) is 29.3 Å². The minimum atomic E-state index is 0.137. The van der Waals surface area contributed by atoms with Crippen LogP contribution in [0.3, 0.4) is 0 Å². The van der Waals surface area contributed by atoms with Gasteiger partial charge in [-0.05, 0) is 25.0 Å². The Hall–Kier alpha value is -1.60. The fourth-order valence-electron chi connectivity index (χ4n) is 2.43. The second kappa shape index (κ2) is 5.65. The summed E-state index contributed by atoms with van der Waals surface area (Å²) in [6.45, 7) is 0.752. The van der Waals surface area contributed by atoms with Crippen LogP contribution in [0, 0.1) is 11.3 Å². The molecule has 0 saturated heterocycles. The van der Waals surface area contributed by atoms with Gasteiger partial charge in [0.25, 0.3) is 0 Å². The monoisotopic (exact) mass is 231 g/mol. The summed E-state index contributed by atoms with van der Waals surface area (Å²) < 4.78 is 0. The van der Waals surface area contributed by atoms with E-state index < -0.39 is 0 Å². The van der Waals surface area contributed by atoms with Crippen molar-refractivity contribution in [3.05, 3.63) is 23.9 Å². The van der Waals surface area contributed by atoms with E-state index in [1.54, 1.807) is 12.3 Å². The SMILES string of the molecule is N#Cc1ccc(N(CCO)C2CCCC2)nc1. The van der Waals surface area contributed by atoms with E-state index in [4.69, 9.17) is 10.4 Å². The number of nitriles is 1. The van der Waals surface area contributed by atoms with E-state index in [0.717, 1.165) is 5.82 Å². The topological polar surface area (TPSA) is 60.2 Å². The van der Waals surface area contributed by atoms with Gasteiger partial charge >= 0.3 is 0 Å². The maximum absolute atomic E-state index is 9.14. The van der Waals surface area contributed by atoms with Gasteiger partial charge in [0.1, 0.15) is 11.9 Å². The molecule has 4 nitrogen and oxygen atoms in total. The molecule has 1 aromatic rings. The maximum atomic E-state index is 9.14. The standard InChI is InChI=1S/C13H17N3O/c14-9-11-5-6-13(15-10-11)16(7-8-17)12-3-1-2-4-12/h5-6,10,12,17H,1-4,7-8H2. The first-order valence-corrected chi connectivity index (χ1v) is 6.09. The molecule has 0 radical (unpaired) electrons. The van der Waals surface area contributed by atoms with Crippen molar-refractivity contribution < 1.29 is 5.11 Å². The van der Waals surface area contributed by atoms with E-state index in [2.05, 4.69) is 16.0 Å². The van der Waals surface area contributed by atoms with Crippen LogP contribution in [0.4, 0.5) is 5.82 Å². The molecule has 4 heteroatoms. The van der Waals surface area contributed by atoms with Crippen LogP contribution in [0.2, 0.25) is 0 Å². The van der Waals surface area contributed by atoms with Crippen LogP contribution >= 0.6 is 0 Å². The van der Waals surface area contributed by atoms with Crippen LogP contribution in [0.1, 0.15) is 31.2 Å². The molecule has 1 fully saturated rings. The van der Waals surface area contributed by atoms with E-state index in [0.29, 0.717) is 18.2 Å². The highest BCUT2D eigenvalue weighted by Crippen LogP contribution is 2.26. The molecular weight excluding hydrogens is 214 g/mol. The molecule has 0 atom stereocenters. The molecule has 17 heavy (non-hydrogen) atoms. The van der Waals surface area contributed by atoms with Gasteiger partial charge in [-0.3, -0.25) is 0 Å². The second-order valence-corrected chi connectivity index (χ2v) is 4.37. The summed E-state index contributed by atoms with van der Waals surface area (Å²) in [5, 5.41) is 17.9. The summed E-state index contributed by atoms with van der Waals surface area (Å²) >= 11 is 0. The second-order valence-electron chi connectivity index (χ2n) is 4.37. The number of aliphatic hydroxyl groups excluding tert-OH is 1. The van der Waals surface area contributed by atoms with E-state index in [-0.39, 0.29) is 6.61 Å². The number of nitrogens with zero attached hydrogens (tertiary/aromatic N) is 3. The predicted octanol–water partition coefficient (Wildman–Crippen LogP) is 1.69. The molecule has 0 bridgehead atoms. The third-order valence-corrected chi connectivity index (χ3v) is 3.28. The first-order valence-electron chi connectivity index (χ1n) is 6.09. The van der Waals surface area contributed by atoms with Gasteiger partial charge in [-0.1, -0.05) is 12.8 Å². The molecule has 1 heterocycles. The molecule has 1 aliphatic carbocycles. The molecule has 0 aliphatic heterocycles. The zero-order chi connectivity index (χ0) is 12.1. The summed E-state index contributed by atoms with van der Waals surface area (Å²) in [7, 11) is 0. The van der Waals surface area contributed by atoms with Crippen molar-refractivity contribution >= 4 is 5.82 Å². The molecule has 2 rings (SSSR count). The van der Waals surface area contributed by atoms with Gasteiger partial charge in [0.15, 0.2) is 0 Å². The number of aromatic nitrogens is 1. The Balaban J connectivity index is 2.16. The van der Waals surface area contributed by atoms with Gasteiger partial charge < -0.3 is 10.0 Å². The zero-order valence-corrected chi connectivity index (χ0v) is 9.84. The van der Waals surface area contributed by atoms with Gasteiger partial charge in [-0.15, -0.1) is 0 Å². The highest BCUT2D eigenvalue weighted by atomic mass is 16.3. The number of rotatable bonds is 4. The molecule has 1 aromatic heterocycles. The molecule has 0 aromatic carbocycles. The van der Waals surface area contributed by atoms with Crippen molar-refractivity contribution in [1.82, 2.24) is 4.98 Å². The lowest BCUT2D eigenvalue weighted by Gasteiger charge is -2.29. The minimum Gasteiger partial charge on any atom is -0.395 e. The van der Waals surface area contributed by atoms with Crippen molar-refractivity contribution in [2.75, 3.05) is 18.1 Å². The Morgan fingerprint density at radius 1 is 1.41 bits per heavy atom. The quantitative estimate of drug-likeness (QED) is 0.856. The van der Waals surface area contributed by atoms with Gasteiger partial charge in [0.2, 0.25) is 0 Å². The van der Waals surface area contributed by atoms with E-state index >= 15 is 0 Å². The van der Waals surface area contributed by atoms with Gasteiger partial charge in [-0.25, -0.2) is 4.98 Å². The summed E-state index contributed by atoms with van der Waals surface area (Å²) in [6, 6.07) is 6.20. The highest BCUT2D eigenvalue weighted by Gasteiger charge is 2.23. The molecule has 0 unspecified atom stereocenters.